The molecule has 2 aromatic rings. The van der Waals surface area contributed by atoms with E-state index in [-0.39, 0.29) is 11.5 Å². The van der Waals surface area contributed by atoms with Crippen molar-refractivity contribution in [2.24, 2.45) is 5.73 Å². The summed E-state index contributed by atoms with van der Waals surface area (Å²) >= 11 is 3.35. The number of anilines is 1. The highest BCUT2D eigenvalue weighted by Crippen LogP contribution is 2.23. The highest BCUT2D eigenvalue weighted by Gasteiger charge is 2.15. The van der Waals surface area contributed by atoms with E-state index < -0.39 is 5.91 Å². The van der Waals surface area contributed by atoms with Gasteiger partial charge in [-0.1, -0.05) is 0 Å². The van der Waals surface area contributed by atoms with E-state index in [0.29, 0.717) is 5.65 Å². The number of amides is 1. The van der Waals surface area contributed by atoms with Gasteiger partial charge < -0.3 is 11.5 Å². The first-order valence-electron chi connectivity index (χ1n) is 4.24. The zero-order valence-corrected chi connectivity index (χ0v) is 9.58. The number of halogens is 1. The van der Waals surface area contributed by atoms with E-state index in [4.69, 9.17) is 11.5 Å². The Bertz CT molecular complexity index is 561. The lowest BCUT2D eigenvalue weighted by Gasteiger charge is -2.00. The molecule has 0 aliphatic heterocycles. The maximum Gasteiger partial charge on any atom is 0.271 e. The smallest absolute Gasteiger partial charge is 0.271 e. The fourth-order valence-corrected chi connectivity index (χ4v) is 2.07. The van der Waals surface area contributed by atoms with Crippen LogP contribution in [0.15, 0.2) is 16.7 Å². The molecular weight excluding hydrogens is 260 g/mol. The molecule has 0 unspecified atom stereocenters. The third-order valence-electron chi connectivity index (χ3n) is 2.08. The van der Waals surface area contributed by atoms with Crippen molar-refractivity contribution in [2.45, 2.75) is 6.92 Å². The Morgan fingerprint density at radius 1 is 1.60 bits per heavy atom. The number of nitrogens with zero attached hydrogens (tertiary/aromatic N) is 2. The minimum absolute atomic E-state index is 0.0984. The summed E-state index contributed by atoms with van der Waals surface area (Å²) in [4.78, 5) is 15.1. The molecule has 2 rings (SSSR count). The van der Waals surface area contributed by atoms with Gasteiger partial charge >= 0.3 is 0 Å². The average Bonchev–Trinajstić information content (AvgIpc) is 2.44. The van der Waals surface area contributed by atoms with Gasteiger partial charge in [-0.3, -0.25) is 9.20 Å². The standard InChI is InChI=1S/C9H9BrN4O/c1-4-2-5(10)9-13-6(8(12)15)7(11)14(9)3-4/h2-3H,11H2,1H3,(H2,12,15). The van der Waals surface area contributed by atoms with Crippen molar-refractivity contribution in [1.82, 2.24) is 9.38 Å². The lowest BCUT2D eigenvalue weighted by Crippen LogP contribution is -2.13. The number of rotatable bonds is 1. The lowest BCUT2D eigenvalue weighted by atomic mass is 10.3. The molecule has 4 N–H and O–H groups in total. The van der Waals surface area contributed by atoms with Gasteiger partial charge in [-0.25, -0.2) is 4.98 Å². The van der Waals surface area contributed by atoms with E-state index in [1.54, 1.807) is 10.6 Å². The minimum Gasteiger partial charge on any atom is -0.383 e. The van der Waals surface area contributed by atoms with E-state index in [0.717, 1.165) is 10.0 Å². The van der Waals surface area contributed by atoms with Crippen LogP contribution < -0.4 is 11.5 Å². The van der Waals surface area contributed by atoms with Crippen molar-refractivity contribution in [3.8, 4) is 0 Å². The van der Waals surface area contributed by atoms with E-state index in [2.05, 4.69) is 20.9 Å². The number of aryl methyl sites for hydroxylation is 1. The van der Waals surface area contributed by atoms with Crippen LogP contribution in [0.3, 0.4) is 0 Å². The molecular formula is C9H9BrN4O. The van der Waals surface area contributed by atoms with Crippen LogP contribution >= 0.6 is 15.9 Å². The molecule has 2 heterocycles. The van der Waals surface area contributed by atoms with Crippen molar-refractivity contribution in [2.75, 3.05) is 5.73 Å². The number of pyridine rings is 1. The number of nitrogen functional groups attached to an aromatic ring is 1. The molecule has 0 atom stereocenters. The Morgan fingerprint density at radius 3 is 2.87 bits per heavy atom. The SMILES string of the molecule is Cc1cc(Br)c2nc(C(N)=O)c(N)n2c1. The molecule has 0 bridgehead atoms. The molecule has 0 aromatic carbocycles. The predicted molar refractivity (Wildman–Crippen MR) is 60.6 cm³/mol. The first-order valence-corrected chi connectivity index (χ1v) is 5.03. The lowest BCUT2D eigenvalue weighted by molar-refractivity contribution is 0.0997. The van der Waals surface area contributed by atoms with Gasteiger partial charge in [-0.05, 0) is 34.5 Å². The summed E-state index contributed by atoms with van der Waals surface area (Å²) in [6, 6.07) is 1.90. The molecule has 2 aromatic heterocycles. The van der Waals surface area contributed by atoms with Gasteiger partial charge in [0, 0.05) is 6.20 Å². The zero-order valence-electron chi connectivity index (χ0n) is 7.99. The highest BCUT2D eigenvalue weighted by atomic mass is 79.9. The zero-order chi connectivity index (χ0) is 11.2. The third-order valence-corrected chi connectivity index (χ3v) is 2.67. The summed E-state index contributed by atoms with van der Waals surface area (Å²) in [6.45, 7) is 1.92. The number of imidazole rings is 1. The van der Waals surface area contributed by atoms with Crippen LogP contribution in [0, 0.1) is 6.92 Å². The second kappa shape index (κ2) is 3.23. The quantitative estimate of drug-likeness (QED) is 0.812. The van der Waals surface area contributed by atoms with Crippen LogP contribution in [-0.4, -0.2) is 15.3 Å². The number of primary amides is 1. The number of hydrogen-bond donors (Lipinski definition) is 2. The molecule has 78 valence electrons. The molecule has 15 heavy (non-hydrogen) atoms. The predicted octanol–water partition coefficient (Wildman–Crippen LogP) is 1.09. The van der Waals surface area contributed by atoms with E-state index in [1.165, 1.54) is 0 Å². The van der Waals surface area contributed by atoms with E-state index in [1.807, 2.05) is 13.0 Å². The second-order valence-electron chi connectivity index (χ2n) is 3.27. The molecule has 0 aliphatic carbocycles. The van der Waals surface area contributed by atoms with Crippen molar-refractivity contribution < 1.29 is 4.79 Å². The summed E-state index contributed by atoms with van der Waals surface area (Å²) in [5, 5.41) is 0. The largest absolute Gasteiger partial charge is 0.383 e. The fraction of sp³-hybridized carbons (Fsp3) is 0.111. The average molecular weight is 269 g/mol. The van der Waals surface area contributed by atoms with Gasteiger partial charge in [0.2, 0.25) is 0 Å². The van der Waals surface area contributed by atoms with Crippen molar-refractivity contribution in [1.29, 1.82) is 0 Å². The van der Waals surface area contributed by atoms with Gasteiger partial charge in [0.25, 0.3) is 5.91 Å². The maximum absolute atomic E-state index is 11.0. The molecule has 0 fully saturated rings. The van der Waals surface area contributed by atoms with Crippen molar-refractivity contribution in [3.63, 3.8) is 0 Å². The number of hydrogen-bond acceptors (Lipinski definition) is 3. The Hall–Kier alpha value is -1.56. The molecule has 0 radical (unpaired) electrons. The van der Waals surface area contributed by atoms with Gasteiger partial charge in [0.1, 0.15) is 5.82 Å². The second-order valence-corrected chi connectivity index (χ2v) is 4.12. The summed E-state index contributed by atoms with van der Waals surface area (Å²) in [6.07, 6.45) is 1.80. The minimum atomic E-state index is -0.624. The third kappa shape index (κ3) is 1.46. The van der Waals surface area contributed by atoms with Crippen LogP contribution in [0.1, 0.15) is 16.1 Å². The number of carbonyl (C=O) groups excluding carboxylic acids is 1. The fourth-order valence-electron chi connectivity index (χ4n) is 1.43. The first kappa shape index (κ1) is 9.97. The van der Waals surface area contributed by atoms with Crippen LogP contribution in [0.2, 0.25) is 0 Å². The number of fused-ring (bicyclic) bond motifs is 1. The molecule has 0 saturated heterocycles. The van der Waals surface area contributed by atoms with Gasteiger partial charge in [0.15, 0.2) is 11.3 Å². The molecule has 1 amide bonds. The van der Waals surface area contributed by atoms with Gasteiger partial charge in [0.05, 0.1) is 4.47 Å². The van der Waals surface area contributed by atoms with E-state index in [9.17, 15) is 4.79 Å². The summed E-state index contributed by atoms with van der Waals surface area (Å²) in [5.41, 5.74) is 12.6. The number of carbonyl (C=O) groups is 1. The van der Waals surface area contributed by atoms with Crippen molar-refractivity contribution >= 4 is 33.3 Å². The summed E-state index contributed by atoms with van der Waals surface area (Å²) in [7, 11) is 0. The number of aromatic nitrogens is 2. The van der Waals surface area contributed by atoms with E-state index >= 15 is 0 Å². The van der Waals surface area contributed by atoms with Gasteiger partial charge in [-0.15, -0.1) is 0 Å². The first-order chi connectivity index (χ1) is 7.00. The Kier molecular flexibility index (Phi) is 2.15. The number of nitrogens with two attached hydrogens (primary N) is 2. The molecule has 0 spiro atoms. The Morgan fingerprint density at radius 2 is 2.27 bits per heavy atom. The van der Waals surface area contributed by atoms with Crippen LogP contribution in [0.25, 0.3) is 5.65 Å². The monoisotopic (exact) mass is 268 g/mol. The molecule has 6 heteroatoms. The molecule has 5 nitrogen and oxygen atoms in total. The van der Waals surface area contributed by atoms with Gasteiger partial charge in [-0.2, -0.15) is 0 Å². The highest BCUT2D eigenvalue weighted by molar-refractivity contribution is 9.10. The molecule has 0 aliphatic rings. The van der Waals surface area contributed by atoms with Crippen LogP contribution in [0.4, 0.5) is 5.82 Å². The normalized spacial score (nSPS) is 10.8. The summed E-state index contributed by atoms with van der Waals surface area (Å²) < 4.78 is 2.42. The maximum atomic E-state index is 11.0. The molecule has 0 saturated carbocycles. The van der Waals surface area contributed by atoms with Crippen molar-refractivity contribution in [3.05, 3.63) is 28.0 Å². The Labute approximate surface area is 94.2 Å². The topological polar surface area (TPSA) is 86.4 Å². The van der Waals surface area contributed by atoms with Crippen LogP contribution in [-0.2, 0) is 0 Å². The van der Waals surface area contributed by atoms with Crippen LogP contribution in [0.5, 0.6) is 0 Å². The summed E-state index contributed by atoms with van der Waals surface area (Å²) in [5.74, 6) is -0.359. The Balaban J connectivity index is 2.88.